The molecule has 0 N–H and O–H groups in total. The number of methoxy groups -OCH3 is 1. The number of aromatic nitrogens is 4. The fraction of sp³-hybridized carbons (Fsp3) is 0.250. The number of rotatable bonds is 4. The Morgan fingerprint density at radius 2 is 2.00 bits per heavy atom. The van der Waals surface area contributed by atoms with Gasteiger partial charge in [-0.25, -0.2) is 14.6 Å². The number of fused-ring (bicyclic) bond motifs is 1. The van der Waals surface area contributed by atoms with Crippen molar-refractivity contribution in [1.82, 2.24) is 24.6 Å². The number of carbonyl (C=O) groups excluding carboxylic acids is 1. The van der Waals surface area contributed by atoms with E-state index in [1.807, 2.05) is 0 Å². The third kappa shape index (κ3) is 4.05. The van der Waals surface area contributed by atoms with E-state index < -0.39 is 11.9 Å². The molecule has 0 bridgehead atoms. The Kier molecular flexibility index (Phi) is 5.06. The third-order valence-electron chi connectivity index (χ3n) is 4.87. The number of pyridine rings is 1. The van der Waals surface area contributed by atoms with Crippen LogP contribution in [0.4, 0.5) is 13.2 Å². The Bertz CT molecular complexity index is 1200. The van der Waals surface area contributed by atoms with E-state index in [2.05, 4.69) is 15.1 Å². The zero-order valence-electron chi connectivity index (χ0n) is 16.2. The number of benzene rings is 1. The Labute approximate surface area is 174 Å². The van der Waals surface area contributed by atoms with Gasteiger partial charge < -0.3 is 9.64 Å². The van der Waals surface area contributed by atoms with Crippen LogP contribution in [0.5, 0.6) is 5.88 Å². The first-order valence-electron chi connectivity index (χ1n) is 9.10. The van der Waals surface area contributed by atoms with Gasteiger partial charge in [0.25, 0.3) is 5.82 Å². The standard InChI is InChI=1S/C20H15F3N6O2/c1-31-17-5-4-15(19(26-17)20(21,22)23)12-2-3-13-8-28(9-14(13)6-12)18(30)10-29-11-25-16(7-24)27-29/h2-6,11H,8-10H2,1H3. The average Bonchev–Trinajstić information content (AvgIpc) is 3.38. The van der Waals surface area contributed by atoms with Crippen LogP contribution in [0.2, 0.25) is 0 Å². The summed E-state index contributed by atoms with van der Waals surface area (Å²) in [7, 11) is 1.25. The quantitative estimate of drug-likeness (QED) is 0.634. The largest absolute Gasteiger partial charge is 0.481 e. The lowest BCUT2D eigenvalue weighted by atomic mass is 9.99. The molecule has 158 valence electrons. The smallest absolute Gasteiger partial charge is 0.434 e. The van der Waals surface area contributed by atoms with Gasteiger partial charge in [-0.2, -0.15) is 18.4 Å². The summed E-state index contributed by atoms with van der Waals surface area (Å²) >= 11 is 0. The van der Waals surface area contributed by atoms with Crippen LogP contribution in [0.1, 0.15) is 22.6 Å². The van der Waals surface area contributed by atoms with Gasteiger partial charge in [0.1, 0.15) is 18.9 Å². The Hall–Kier alpha value is -3.94. The normalized spacial score (nSPS) is 13.1. The maximum atomic E-state index is 13.5. The van der Waals surface area contributed by atoms with E-state index in [-0.39, 0.29) is 36.3 Å². The van der Waals surface area contributed by atoms with Crippen LogP contribution in [-0.2, 0) is 30.6 Å². The zero-order valence-corrected chi connectivity index (χ0v) is 16.2. The molecule has 3 heterocycles. The number of ether oxygens (including phenoxy) is 1. The molecule has 1 aromatic carbocycles. The van der Waals surface area contributed by atoms with Crippen LogP contribution >= 0.6 is 0 Å². The summed E-state index contributed by atoms with van der Waals surface area (Å²) < 4.78 is 46.7. The second kappa shape index (κ2) is 7.71. The van der Waals surface area contributed by atoms with E-state index in [1.54, 1.807) is 29.2 Å². The van der Waals surface area contributed by atoms with Gasteiger partial charge in [0.15, 0.2) is 5.69 Å². The molecule has 0 aliphatic carbocycles. The summed E-state index contributed by atoms with van der Waals surface area (Å²) in [5, 5.41) is 12.6. The zero-order chi connectivity index (χ0) is 22.2. The molecule has 1 aliphatic heterocycles. The first-order chi connectivity index (χ1) is 14.8. The van der Waals surface area contributed by atoms with Crippen LogP contribution < -0.4 is 4.74 Å². The molecule has 1 amide bonds. The topological polar surface area (TPSA) is 96.9 Å². The number of hydrogen-bond acceptors (Lipinski definition) is 6. The number of nitrogens with zero attached hydrogens (tertiary/aromatic N) is 6. The lowest BCUT2D eigenvalue weighted by Gasteiger charge is -2.15. The highest BCUT2D eigenvalue weighted by Gasteiger charge is 2.36. The number of amides is 1. The highest BCUT2D eigenvalue weighted by atomic mass is 19.4. The van der Waals surface area contributed by atoms with Crippen molar-refractivity contribution >= 4 is 5.91 Å². The van der Waals surface area contributed by atoms with E-state index in [4.69, 9.17) is 10.00 Å². The molecule has 8 nitrogen and oxygen atoms in total. The molecule has 0 atom stereocenters. The van der Waals surface area contributed by atoms with Crippen LogP contribution in [0.15, 0.2) is 36.7 Å². The molecule has 3 aromatic rings. The van der Waals surface area contributed by atoms with Crippen molar-refractivity contribution in [3.8, 4) is 23.1 Å². The van der Waals surface area contributed by atoms with Gasteiger partial charge in [0.2, 0.25) is 11.8 Å². The molecule has 0 saturated heterocycles. The van der Waals surface area contributed by atoms with Crippen molar-refractivity contribution in [2.75, 3.05) is 7.11 Å². The molecule has 11 heteroatoms. The van der Waals surface area contributed by atoms with Gasteiger partial charge in [-0.05, 0) is 28.8 Å². The highest BCUT2D eigenvalue weighted by molar-refractivity contribution is 5.77. The van der Waals surface area contributed by atoms with Gasteiger partial charge in [-0.3, -0.25) is 4.79 Å². The van der Waals surface area contributed by atoms with Crippen LogP contribution in [0.25, 0.3) is 11.1 Å². The van der Waals surface area contributed by atoms with E-state index in [9.17, 15) is 18.0 Å². The fourth-order valence-electron chi connectivity index (χ4n) is 3.40. The maximum Gasteiger partial charge on any atom is 0.434 e. The van der Waals surface area contributed by atoms with Crippen molar-refractivity contribution in [1.29, 1.82) is 5.26 Å². The highest BCUT2D eigenvalue weighted by Crippen LogP contribution is 2.38. The first-order valence-corrected chi connectivity index (χ1v) is 9.10. The molecular weight excluding hydrogens is 413 g/mol. The molecule has 0 fully saturated rings. The monoisotopic (exact) mass is 428 g/mol. The predicted octanol–water partition coefficient (Wildman–Crippen LogP) is 2.78. The Balaban J connectivity index is 1.57. The maximum absolute atomic E-state index is 13.5. The molecular formula is C20H15F3N6O2. The lowest BCUT2D eigenvalue weighted by molar-refractivity contribution is -0.140. The van der Waals surface area contributed by atoms with Crippen molar-refractivity contribution in [3.63, 3.8) is 0 Å². The molecule has 1 aliphatic rings. The molecule has 0 saturated carbocycles. The molecule has 31 heavy (non-hydrogen) atoms. The summed E-state index contributed by atoms with van der Waals surface area (Å²) in [5.41, 5.74) is 0.865. The fourth-order valence-corrected chi connectivity index (χ4v) is 3.40. The minimum absolute atomic E-state index is 0.0317. The summed E-state index contributed by atoms with van der Waals surface area (Å²) in [6.07, 6.45) is -3.35. The number of halogens is 3. The second-order valence-corrected chi connectivity index (χ2v) is 6.86. The van der Waals surface area contributed by atoms with Crippen molar-refractivity contribution < 1.29 is 22.7 Å². The summed E-state index contributed by atoms with van der Waals surface area (Å²) in [6.45, 7) is 0.504. The van der Waals surface area contributed by atoms with Crippen LogP contribution in [-0.4, -0.2) is 37.7 Å². The Morgan fingerprint density at radius 1 is 1.23 bits per heavy atom. The van der Waals surface area contributed by atoms with E-state index in [0.717, 1.165) is 11.1 Å². The van der Waals surface area contributed by atoms with Gasteiger partial charge in [-0.15, -0.1) is 5.10 Å². The second-order valence-electron chi connectivity index (χ2n) is 6.86. The summed E-state index contributed by atoms with van der Waals surface area (Å²) in [6, 6.07) is 9.43. The van der Waals surface area contributed by atoms with Crippen LogP contribution in [0, 0.1) is 11.3 Å². The number of nitriles is 1. The van der Waals surface area contributed by atoms with Crippen LogP contribution in [0.3, 0.4) is 0 Å². The van der Waals surface area contributed by atoms with Gasteiger partial charge in [-0.1, -0.05) is 12.1 Å². The lowest BCUT2D eigenvalue weighted by Crippen LogP contribution is -2.29. The number of hydrogen-bond donors (Lipinski definition) is 0. The first kappa shape index (κ1) is 20.3. The van der Waals surface area contributed by atoms with E-state index >= 15 is 0 Å². The molecule has 4 rings (SSSR count). The van der Waals surface area contributed by atoms with Gasteiger partial charge in [0.05, 0.1) is 7.11 Å². The third-order valence-corrected chi connectivity index (χ3v) is 4.87. The Morgan fingerprint density at radius 3 is 2.68 bits per heavy atom. The number of carbonyl (C=O) groups is 1. The average molecular weight is 428 g/mol. The van der Waals surface area contributed by atoms with Gasteiger partial charge in [0, 0.05) is 24.7 Å². The molecule has 0 radical (unpaired) electrons. The van der Waals surface area contributed by atoms with E-state index in [1.165, 1.54) is 30.3 Å². The SMILES string of the molecule is COc1ccc(-c2ccc3c(c2)CN(C(=O)Cn2cnc(C#N)n2)C3)c(C(F)(F)F)n1. The minimum Gasteiger partial charge on any atom is -0.481 e. The number of alkyl halides is 3. The molecule has 0 spiro atoms. The minimum atomic E-state index is -4.65. The van der Waals surface area contributed by atoms with Crippen molar-refractivity contribution in [2.24, 2.45) is 0 Å². The summed E-state index contributed by atoms with van der Waals surface area (Å²) in [5.74, 6) is -0.397. The van der Waals surface area contributed by atoms with Crippen molar-refractivity contribution in [2.45, 2.75) is 25.8 Å². The van der Waals surface area contributed by atoms with Gasteiger partial charge >= 0.3 is 6.18 Å². The predicted molar refractivity (Wildman–Crippen MR) is 100 cm³/mol. The summed E-state index contributed by atoms with van der Waals surface area (Å²) in [4.78, 5) is 21.5. The van der Waals surface area contributed by atoms with Crippen molar-refractivity contribution in [3.05, 3.63) is 59.3 Å². The van der Waals surface area contributed by atoms with E-state index in [0.29, 0.717) is 12.1 Å². The molecule has 2 aromatic heterocycles. The molecule has 0 unspecified atom stereocenters.